The molecule has 0 saturated carbocycles. The second-order valence-corrected chi connectivity index (χ2v) is 14.0. The van der Waals surface area contributed by atoms with Crippen LogP contribution >= 0.6 is 11.3 Å². The average molecular weight is 670 g/mol. The van der Waals surface area contributed by atoms with E-state index in [2.05, 4.69) is 181 Å². The zero-order valence-electron chi connectivity index (χ0n) is 27.7. The fourth-order valence-corrected chi connectivity index (χ4v) is 8.71. The molecule has 2 nitrogen and oxygen atoms in total. The number of rotatable bonds is 6. The second-order valence-electron chi connectivity index (χ2n) is 12.9. The van der Waals surface area contributed by atoms with Crippen LogP contribution in [0.4, 0.5) is 17.1 Å². The lowest BCUT2D eigenvalue weighted by Gasteiger charge is -2.26. The third kappa shape index (κ3) is 5.10. The zero-order chi connectivity index (χ0) is 33.7. The molecule has 0 amide bonds. The van der Waals surface area contributed by atoms with Crippen LogP contribution in [-0.2, 0) is 0 Å². The summed E-state index contributed by atoms with van der Waals surface area (Å²) >= 11 is 1.88. The first-order chi connectivity index (χ1) is 25.3. The molecule has 0 saturated heterocycles. The van der Waals surface area contributed by atoms with Crippen molar-refractivity contribution in [3.05, 3.63) is 188 Å². The molecule has 0 spiro atoms. The highest BCUT2D eigenvalue weighted by molar-refractivity contribution is 7.26. The number of anilines is 3. The molecule has 0 atom stereocenters. The lowest BCUT2D eigenvalue weighted by atomic mass is 9.93. The van der Waals surface area contributed by atoms with Crippen LogP contribution in [0.5, 0.6) is 0 Å². The maximum absolute atomic E-state index is 6.36. The molecule has 0 radical (unpaired) electrons. The molecule has 0 aliphatic carbocycles. The monoisotopic (exact) mass is 669 g/mol. The van der Waals surface area contributed by atoms with Gasteiger partial charge in [-0.05, 0) is 76.3 Å². The van der Waals surface area contributed by atoms with Crippen molar-refractivity contribution in [1.82, 2.24) is 0 Å². The Morgan fingerprint density at radius 2 is 0.980 bits per heavy atom. The van der Waals surface area contributed by atoms with Crippen molar-refractivity contribution in [2.75, 3.05) is 4.90 Å². The normalized spacial score (nSPS) is 11.5. The number of benzene rings is 8. The minimum Gasteiger partial charge on any atom is -0.456 e. The lowest BCUT2D eigenvalue weighted by Crippen LogP contribution is -2.10. The second kappa shape index (κ2) is 12.2. The molecule has 51 heavy (non-hydrogen) atoms. The minimum absolute atomic E-state index is 0.874. The Labute approximate surface area is 300 Å². The van der Waals surface area contributed by atoms with E-state index in [9.17, 15) is 0 Å². The van der Waals surface area contributed by atoms with Crippen LogP contribution in [-0.4, -0.2) is 0 Å². The van der Waals surface area contributed by atoms with Gasteiger partial charge in [0.15, 0.2) is 0 Å². The van der Waals surface area contributed by atoms with E-state index in [-0.39, 0.29) is 0 Å². The first kappa shape index (κ1) is 29.5. The van der Waals surface area contributed by atoms with E-state index in [1.165, 1.54) is 53.6 Å². The first-order valence-electron chi connectivity index (χ1n) is 17.3. The molecule has 10 rings (SSSR count). The molecule has 0 N–H and O–H groups in total. The molecule has 8 aromatic carbocycles. The Morgan fingerprint density at radius 3 is 1.86 bits per heavy atom. The van der Waals surface area contributed by atoms with E-state index in [0.717, 1.165) is 39.0 Å². The summed E-state index contributed by atoms with van der Waals surface area (Å²) in [6.45, 7) is 0. The summed E-state index contributed by atoms with van der Waals surface area (Å²) in [6.07, 6.45) is 0. The SMILES string of the molecule is c1ccc(-c2cccc(N(c3ccc(-c4ccccc4-c4cccc5c4sc4ccccc45)cc3)c3ccc4c(c3)oc3ccccc34)c2)cc1. The summed E-state index contributed by atoms with van der Waals surface area (Å²) in [7, 11) is 0. The van der Waals surface area contributed by atoms with Crippen molar-refractivity contribution in [2.24, 2.45) is 0 Å². The molecule has 3 heteroatoms. The Bertz CT molecular complexity index is 2860. The summed E-state index contributed by atoms with van der Waals surface area (Å²) in [4.78, 5) is 2.33. The van der Waals surface area contributed by atoms with Gasteiger partial charge in [0.1, 0.15) is 11.2 Å². The highest BCUT2D eigenvalue weighted by Crippen LogP contribution is 2.44. The molecule has 2 heterocycles. The summed E-state index contributed by atoms with van der Waals surface area (Å²) in [5, 5.41) is 4.88. The Hall–Kier alpha value is -6.42. The predicted octanol–water partition coefficient (Wildman–Crippen LogP) is 14.4. The van der Waals surface area contributed by atoms with E-state index in [1.54, 1.807) is 0 Å². The van der Waals surface area contributed by atoms with Crippen LogP contribution in [0.15, 0.2) is 192 Å². The topological polar surface area (TPSA) is 16.4 Å². The van der Waals surface area contributed by atoms with E-state index in [0.29, 0.717) is 0 Å². The number of nitrogens with zero attached hydrogens (tertiary/aromatic N) is 1. The van der Waals surface area contributed by atoms with Gasteiger partial charge in [0, 0.05) is 59.6 Å². The number of hydrogen-bond donors (Lipinski definition) is 0. The molecule has 0 bridgehead atoms. The average Bonchev–Trinajstić information content (AvgIpc) is 3.77. The summed E-state index contributed by atoms with van der Waals surface area (Å²) in [5.41, 5.74) is 12.2. The molecule has 0 unspecified atom stereocenters. The predicted molar refractivity (Wildman–Crippen MR) is 218 cm³/mol. The van der Waals surface area contributed by atoms with Gasteiger partial charge in [0.25, 0.3) is 0 Å². The maximum atomic E-state index is 6.36. The van der Waals surface area contributed by atoms with E-state index < -0.39 is 0 Å². The van der Waals surface area contributed by atoms with Gasteiger partial charge in [-0.15, -0.1) is 11.3 Å². The van der Waals surface area contributed by atoms with Crippen LogP contribution in [0.2, 0.25) is 0 Å². The molecule has 0 aliphatic heterocycles. The van der Waals surface area contributed by atoms with Gasteiger partial charge in [-0.3, -0.25) is 0 Å². The van der Waals surface area contributed by atoms with Crippen molar-refractivity contribution in [3.63, 3.8) is 0 Å². The van der Waals surface area contributed by atoms with Crippen LogP contribution in [0, 0.1) is 0 Å². The van der Waals surface area contributed by atoms with Gasteiger partial charge < -0.3 is 9.32 Å². The van der Waals surface area contributed by atoms with Crippen LogP contribution in [0.1, 0.15) is 0 Å². The lowest BCUT2D eigenvalue weighted by molar-refractivity contribution is 0.669. The van der Waals surface area contributed by atoms with Gasteiger partial charge in [-0.1, -0.05) is 133 Å². The third-order valence-corrected chi connectivity index (χ3v) is 11.1. The Morgan fingerprint density at radius 1 is 0.353 bits per heavy atom. The number of para-hydroxylation sites is 1. The van der Waals surface area contributed by atoms with E-state index in [4.69, 9.17) is 4.42 Å². The molecule has 2 aromatic heterocycles. The summed E-state index contributed by atoms with van der Waals surface area (Å²) in [6, 6.07) is 67.3. The van der Waals surface area contributed by atoms with Gasteiger partial charge in [-0.25, -0.2) is 0 Å². The van der Waals surface area contributed by atoms with Crippen LogP contribution in [0.25, 0.3) is 75.5 Å². The first-order valence-corrected chi connectivity index (χ1v) is 18.1. The molecule has 240 valence electrons. The maximum Gasteiger partial charge on any atom is 0.137 e. The Kier molecular flexibility index (Phi) is 7.04. The van der Waals surface area contributed by atoms with Gasteiger partial charge in [0.05, 0.1) is 0 Å². The van der Waals surface area contributed by atoms with E-state index in [1.807, 2.05) is 23.5 Å². The number of furan rings is 1. The third-order valence-electron chi connectivity index (χ3n) is 9.89. The standard InChI is InChI=1S/C48H31NOS/c1-2-12-32(13-3-1)34-14-10-15-36(30-34)49(37-28-29-41-40-18-6-8-22-45(40)50-46(41)31-37)35-26-24-33(25-27-35)38-16-4-5-17-39(38)43-20-11-21-44-42-19-7-9-23-47(42)51-48(43)44/h1-31H. The van der Waals surface area contributed by atoms with Crippen molar-refractivity contribution in [3.8, 4) is 33.4 Å². The summed E-state index contributed by atoms with van der Waals surface area (Å²) in [5.74, 6) is 0. The molecular weight excluding hydrogens is 639 g/mol. The van der Waals surface area contributed by atoms with Crippen LogP contribution in [0.3, 0.4) is 0 Å². The summed E-state index contributed by atoms with van der Waals surface area (Å²) < 4.78 is 9.01. The number of hydrogen-bond acceptors (Lipinski definition) is 3. The van der Waals surface area contributed by atoms with Crippen LogP contribution < -0.4 is 4.90 Å². The highest BCUT2D eigenvalue weighted by Gasteiger charge is 2.18. The quantitative estimate of drug-likeness (QED) is 0.175. The highest BCUT2D eigenvalue weighted by atomic mass is 32.1. The minimum atomic E-state index is 0.874. The van der Waals surface area contributed by atoms with Crippen molar-refractivity contribution >= 4 is 70.5 Å². The van der Waals surface area contributed by atoms with E-state index >= 15 is 0 Å². The largest absolute Gasteiger partial charge is 0.456 e. The van der Waals surface area contributed by atoms with Crippen molar-refractivity contribution in [2.45, 2.75) is 0 Å². The van der Waals surface area contributed by atoms with Gasteiger partial charge in [0.2, 0.25) is 0 Å². The number of thiophene rings is 1. The molecular formula is C48H31NOS. The fourth-order valence-electron chi connectivity index (χ4n) is 7.48. The Balaban J connectivity index is 1.10. The molecule has 0 fully saturated rings. The number of fused-ring (bicyclic) bond motifs is 6. The molecule has 10 aromatic rings. The van der Waals surface area contributed by atoms with Crippen molar-refractivity contribution < 1.29 is 4.42 Å². The van der Waals surface area contributed by atoms with Gasteiger partial charge in [-0.2, -0.15) is 0 Å². The van der Waals surface area contributed by atoms with Crippen molar-refractivity contribution in [1.29, 1.82) is 0 Å². The smallest absolute Gasteiger partial charge is 0.137 e. The zero-order valence-corrected chi connectivity index (χ0v) is 28.5. The molecule has 0 aliphatic rings. The van der Waals surface area contributed by atoms with Gasteiger partial charge >= 0.3 is 0 Å². The fraction of sp³-hybridized carbons (Fsp3) is 0.